The third-order valence-electron chi connectivity index (χ3n) is 4.60. The molecule has 0 spiro atoms. The van der Waals surface area contributed by atoms with Crippen molar-refractivity contribution in [2.45, 2.75) is 32.9 Å². The van der Waals surface area contributed by atoms with Gasteiger partial charge in [0.25, 0.3) is 0 Å². The van der Waals surface area contributed by atoms with Crippen LogP contribution in [0.2, 0.25) is 0 Å². The van der Waals surface area contributed by atoms with Crippen LogP contribution in [0.1, 0.15) is 32.7 Å². The highest BCUT2D eigenvalue weighted by molar-refractivity contribution is 5.78. The number of nitrogens with one attached hydrogen (secondary N) is 1. The third-order valence-corrected chi connectivity index (χ3v) is 4.60. The Morgan fingerprint density at radius 2 is 1.85 bits per heavy atom. The van der Waals surface area contributed by atoms with Crippen LogP contribution in [0.5, 0.6) is 0 Å². The molecular weight excluding hydrogens is 330 g/mol. The predicted octanol–water partition coefficient (Wildman–Crippen LogP) is 1.94. The monoisotopic (exact) mass is 357 g/mol. The number of carbonyl (C=O) groups excluding carboxylic acids is 1. The molecule has 1 saturated heterocycles. The first-order valence-corrected chi connectivity index (χ1v) is 9.17. The highest BCUT2D eigenvalue weighted by Gasteiger charge is 2.26. The van der Waals surface area contributed by atoms with E-state index in [1.165, 1.54) is 0 Å². The molecule has 0 bridgehead atoms. The van der Waals surface area contributed by atoms with Crippen LogP contribution in [0.25, 0.3) is 11.4 Å². The summed E-state index contributed by atoms with van der Waals surface area (Å²) < 4.78 is 5.49. The minimum Gasteiger partial charge on any atom is -0.353 e. The minimum absolute atomic E-state index is 0.0617. The molecular formula is C19H27N5O2. The van der Waals surface area contributed by atoms with Crippen molar-refractivity contribution in [2.75, 3.05) is 32.7 Å². The van der Waals surface area contributed by atoms with Crippen molar-refractivity contribution < 1.29 is 9.32 Å². The summed E-state index contributed by atoms with van der Waals surface area (Å²) in [5.74, 6) is 1.34. The SMILES string of the molecule is CC(C)NC(=O)CN1CCN(C(C)c2nc(-c3ccccc3)no2)CC1. The first-order valence-electron chi connectivity index (χ1n) is 9.17. The first kappa shape index (κ1) is 18.5. The molecule has 3 rings (SSSR count). The Morgan fingerprint density at radius 1 is 1.15 bits per heavy atom. The highest BCUT2D eigenvalue weighted by Crippen LogP contribution is 2.23. The minimum atomic E-state index is 0.0617. The van der Waals surface area contributed by atoms with Crippen molar-refractivity contribution in [1.29, 1.82) is 0 Å². The molecule has 1 unspecified atom stereocenters. The molecule has 0 aliphatic carbocycles. The summed E-state index contributed by atoms with van der Waals surface area (Å²) in [5.41, 5.74) is 0.954. The Balaban J connectivity index is 1.53. The molecule has 7 nitrogen and oxygen atoms in total. The van der Waals surface area contributed by atoms with Crippen LogP contribution in [-0.4, -0.2) is 64.6 Å². The second kappa shape index (κ2) is 8.42. The van der Waals surface area contributed by atoms with Gasteiger partial charge in [-0.15, -0.1) is 0 Å². The summed E-state index contributed by atoms with van der Waals surface area (Å²) in [6.45, 7) is 9.96. The van der Waals surface area contributed by atoms with Gasteiger partial charge < -0.3 is 9.84 Å². The van der Waals surface area contributed by atoms with Crippen molar-refractivity contribution >= 4 is 5.91 Å². The van der Waals surface area contributed by atoms with Gasteiger partial charge in [0.2, 0.25) is 17.6 Å². The Morgan fingerprint density at radius 3 is 2.50 bits per heavy atom. The number of nitrogens with zero attached hydrogens (tertiary/aromatic N) is 4. The predicted molar refractivity (Wildman–Crippen MR) is 99.4 cm³/mol. The van der Waals surface area contributed by atoms with E-state index in [1.54, 1.807) is 0 Å². The zero-order chi connectivity index (χ0) is 18.5. The van der Waals surface area contributed by atoms with Crippen LogP contribution < -0.4 is 5.32 Å². The van der Waals surface area contributed by atoms with Crippen LogP contribution in [0.15, 0.2) is 34.9 Å². The van der Waals surface area contributed by atoms with Gasteiger partial charge in [-0.1, -0.05) is 35.5 Å². The number of hydrogen-bond acceptors (Lipinski definition) is 6. The van der Waals surface area contributed by atoms with Gasteiger partial charge in [-0.25, -0.2) is 0 Å². The van der Waals surface area contributed by atoms with Crippen molar-refractivity contribution in [3.05, 3.63) is 36.2 Å². The van der Waals surface area contributed by atoms with Gasteiger partial charge in [0.05, 0.1) is 12.6 Å². The molecule has 2 aromatic rings. The van der Waals surface area contributed by atoms with Crippen LogP contribution in [-0.2, 0) is 4.79 Å². The Kier molecular flexibility index (Phi) is 6.00. The Labute approximate surface area is 154 Å². The summed E-state index contributed by atoms with van der Waals surface area (Å²) in [4.78, 5) is 21.0. The topological polar surface area (TPSA) is 74.5 Å². The largest absolute Gasteiger partial charge is 0.353 e. The summed E-state index contributed by atoms with van der Waals surface area (Å²) >= 11 is 0. The molecule has 1 aromatic carbocycles. The molecule has 1 atom stereocenters. The molecule has 1 aliphatic heterocycles. The van der Waals surface area contributed by atoms with E-state index >= 15 is 0 Å². The summed E-state index contributed by atoms with van der Waals surface area (Å²) in [7, 11) is 0. The average molecular weight is 357 g/mol. The number of hydrogen-bond donors (Lipinski definition) is 1. The summed E-state index contributed by atoms with van der Waals surface area (Å²) in [6, 6.07) is 10.1. The maximum atomic E-state index is 11.9. The number of aromatic nitrogens is 2. The van der Waals surface area contributed by atoms with Crippen molar-refractivity contribution in [3.8, 4) is 11.4 Å². The molecule has 2 heterocycles. The molecule has 1 amide bonds. The van der Waals surface area contributed by atoms with E-state index in [9.17, 15) is 4.79 Å². The number of carbonyl (C=O) groups is 1. The maximum Gasteiger partial charge on any atom is 0.244 e. The molecule has 1 aliphatic rings. The Hall–Kier alpha value is -2.25. The zero-order valence-electron chi connectivity index (χ0n) is 15.7. The van der Waals surface area contributed by atoms with Gasteiger partial charge in [0.15, 0.2) is 0 Å². The molecule has 0 radical (unpaired) electrons. The molecule has 140 valence electrons. The lowest BCUT2D eigenvalue weighted by Gasteiger charge is -2.36. The first-order chi connectivity index (χ1) is 12.5. The fourth-order valence-electron chi connectivity index (χ4n) is 3.15. The standard InChI is InChI=1S/C19H27N5O2/c1-14(2)20-17(25)13-23-9-11-24(12-10-23)15(3)19-21-18(22-26-19)16-7-5-4-6-8-16/h4-8,14-15H,9-13H2,1-3H3,(H,20,25). The van der Waals surface area contributed by atoms with Gasteiger partial charge in [-0.05, 0) is 20.8 Å². The van der Waals surface area contributed by atoms with E-state index in [0.29, 0.717) is 18.3 Å². The average Bonchev–Trinajstić information content (AvgIpc) is 3.12. The van der Waals surface area contributed by atoms with Crippen molar-refractivity contribution in [2.24, 2.45) is 0 Å². The van der Waals surface area contributed by atoms with Crippen molar-refractivity contribution in [3.63, 3.8) is 0 Å². The van der Waals surface area contributed by atoms with Gasteiger partial charge in [-0.3, -0.25) is 14.6 Å². The van der Waals surface area contributed by atoms with E-state index in [1.807, 2.05) is 44.2 Å². The van der Waals surface area contributed by atoms with E-state index in [-0.39, 0.29) is 18.0 Å². The lowest BCUT2D eigenvalue weighted by Crippen LogP contribution is -2.50. The second-order valence-corrected chi connectivity index (χ2v) is 7.03. The molecule has 0 saturated carbocycles. The molecule has 1 N–H and O–H groups in total. The fraction of sp³-hybridized carbons (Fsp3) is 0.526. The molecule has 1 fully saturated rings. The third kappa shape index (κ3) is 4.68. The number of rotatable bonds is 6. The van der Waals surface area contributed by atoms with Crippen LogP contribution in [0, 0.1) is 0 Å². The normalized spacial score (nSPS) is 17.4. The quantitative estimate of drug-likeness (QED) is 0.852. The van der Waals surface area contributed by atoms with Gasteiger partial charge in [0, 0.05) is 37.8 Å². The van der Waals surface area contributed by atoms with Gasteiger partial charge in [-0.2, -0.15) is 4.98 Å². The van der Waals surface area contributed by atoms with E-state index in [2.05, 4.69) is 32.2 Å². The molecule has 7 heteroatoms. The molecule has 26 heavy (non-hydrogen) atoms. The van der Waals surface area contributed by atoms with Crippen LogP contribution in [0.3, 0.4) is 0 Å². The lowest BCUT2D eigenvalue weighted by atomic mass is 10.2. The Bertz CT molecular complexity index is 708. The zero-order valence-corrected chi connectivity index (χ0v) is 15.7. The van der Waals surface area contributed by atoms with Gasteiger partial charge >= 0.3 is 0 Å². The van der Waals surface area contributed by atoms with Crippen LogP contribution >= 0.6 is 0 Å². The van der Waals surface area contributed by atoms with E-state index in [4.69, 9.17) is 4.52 Å². The summed E-state index contributed by atoms with van der Waals surface area (Å²) in [6.07, 6.45) is 0. The fourth-order valence-corrected chi connectivity index (χ4v) is 3.15. The highest BCUT2D eigenvalue weighted by atomic mass is 16.5. The maximum absolute atomic E-state index is 11.9. The smallest absolute Gasteiger partial charge is 0.244 e. The van der Waals surface area contributed by atoms with Crippen LogP contribution in [0.4, 0.5) is 0 Å². The van der Waals surface area contributed by atoms with Gasteiger partial charge in [0.1, 0.15) is 0 Å². The van der Waals surface area contributed by atoms with E-state index < -0.39 is 0 Å². The lowest BCUT2D eigenvalue weighted by molar-refractivity contribution is -0.123. The van der Waals surface area contributed by atoms with E-state index in [0.717, 1.165) is 31.7 Å². The number of benzene rings is 1. The second-order valence-electron chi connectivity index (χ2n) is 7.03. The number of piperazine rings is 1. The summed E-state index contributed by atoms with van der Waals surface area (Å²) in [5, 5.41) is 7.05. The van der Waals surface area contributed by atoms with Crippen molar-refractivity contribution in [1.82, 2.24) is 25.3 Å². The number of amides is 1. The molecule has 1 aromatic heterocycles.